The van der Waals surface area contributed by atoms with Gasteiger partial charge in [-0.2, -0.15) is 0 Å². The van der Waals surface area contributed by atoms with Crippen LogP contribution in [0.15, 0.2) is 45.7 Å². The highest BCUT2D eigenvalue weighted by molar-refractivity contribution is 8.18. The van der Waals surface area contributed by atoms with Crippen LogP contribution in [0.1, 0.15) is 35.7 Å². The van der Waals surface area contributed by atoms with Gasteiger partial charge in [0.05, 0.1) is 25.2 Å². The Labute approximate surface area is 172 Å². The van der Waals surface area contributed by atoms with Crippen molar-refractivity contribution in [3.05, 3.63) is 58.4 Å². The summed E-state index contributed by atoms with van der Waals surface area (Å²) >= 11 is 0.866. The molecule has 0 saturated carbocycles. The number of benzene rings is 1. The predicted octanol–water partition coefficient (Wildman–Crippen LogP) is 4.34. The number of rotatable bonds is 7. The second-order valence-electron chi connectivity index (χ2n) is 6.80. The first kappa shape index (κ1) is 20.7. The molecular formula is C21H21NO6S. The van der Waals surface area contributed by atoms with Crippen LogP contribution >= 0.6 is 11.8 Å². The third-order valence-electron chi connectivity index (χ3n) is 4.00. The summed E-state index contributed by atoms with van der Waals surface area (Å²) in [6.45, 7) is 4.72. The summed E-state index contributed by atoms with van der Waals surface area (Å²) < 4.78 is 15.6. The molecule has 29 heavy (non-hydrogen) atoms. The number of imide groups is 1. The van der Waals surface area contributed by atoms with Crippen molar-refractivity contribution in [3.63, 3.8) is 0 Å². The smallest absolute Gasteiger partial charge is 0.373 e. The third-order valence-corrected chi connectivity index (χ3v) is 4.90. The van der Waals surface area contributed by atoms with E-state index >= 15 is 0 Å². The predicted molar refractivity (Wildman–Crippen MR) is 108 cm³/mol. The van der Waals surface area contributed by atoms with Gasteiger partial charge in [0.1, 0.15) is 11.5 Å². The summed E-state index contributed by atoms with van der Waals surface area (Å²) in [5.41, 5.74) is 0.790. The van der Waals surface area contributed by atoms with Crippen LogP contribution in [-0.4, -0.2) is 35.7 Å². The summed E-state index contributed by atoms with van der Waals surface area (Å²) in [5, 5.41) is -0.394. The molecule has 0 unspecified atom stereocenters. The molecule has 1 aromatic carbocycles. The van der Waals surface area contributed by atoms with Gasteiger partial charge in [-0.05, 0) is 53.6 Å². The van der Waals surface area contributed by atoms with E-state index in [1.54, 1.807) is 6.08 Å². The molecule has 1 aliphatic heterocycles. The molecule has 0 radical (unpaired) electrons. The van der Waals surface area contributed by atoms with Crippen molar-refractivity contribution >= 4 is 35.0 Å². The maximum atomic E-state index is 12.6. The molecule has 1 aliphatic rings. The average Bonchev–Trinajstić information content (AvgIpc) is 3.27. The van der Waals surface area contributed by atoms with Gasteiger partial charge in [-0.15, -0.1) is 0 Å². The molecule has 8 heteroatoms. The molecule has 0 spiro atoms. The molecule has 0 atom stereocenters. The number of thioether (sulfide) groups is 1. The first-order chi connectivity index (χ1) is 13.9. The lowest BCUT2D eigenvalue weighted by Gasteiger charge is -2.10. The highest BCUT2D eigenvalue weighted by Gasteiger charge is 2.35. The van der Waals surface area contributed by atoms with Crippen molar-refractivity contribution in [2.24, 2.45) is 5.92 Å². The molecule has 1 saturated heterocycles. The van der Waals surface area contributed by atoms with E-state index < -0.39 is 17.1 Å². The number of carbonyl (C=O) groups excluding carboxylic acids is 3. The van der Waals surface area contributed by atoms with Gasteiger partial charge in [-0.3, -0.25) is 14.5 Å². The van der Waals surface area contributed by atoms with E-state index in [4.69, 9.17) is 9.15 Å². The fraction of sp³-hybridized carbons (Fsp3) is 0.286. The van der Waals surface area contributed by atoms with Crippen molar-refractivity contribution < 1.29 is 28.3 Å². The summed E-state index contributed by atoms with van der Waals surface area (Å²) in [4.78, 5) is 37.8. The summed E-state index contributed by atoms with van der Waals surface area (Å²) in [6.07, 6.45) is 1.67. The first-order valence-corrected chi connectivity index (χ1v) is 9.84. The number of furan rings is 1. The molecule has 0 aliphatic carbocycles. The molecular weight excluding hydrogens is 394 g/mol. The zero-order valence-corrected chi connectivity index (χ0v) is 17.2. The van der Waals surface area contributed by atoms with Crippen LogP contribution in [0.25, 0.3) is 6.08 Å². The number of hydrogen-bond donors (Lipinski definition) is 0. The van der Waals surface area contributed by atoms with Gasteiger partial charge in [-0.1, -0.05) is 26.0 Å². The van der Waals surface area contributed by atoms with Gasteiger partial charge in [0.15, 0.2) is 0 Å². The minimum Gasteiger partial charge on any atom is -0.493 e. The summed E-state index contributed by atoms with van der Waals surface area (Å²) in [5.74, 6) is 0.495. The molecule has 1 aromatic heterocycles. The van der Waals surface area contributed by atoms with E-state index in [1.807, 2.05) is 24.3 Å². The highest BCUT2D eigenvalue weighted by Crippen LogP contribution is 2.33. The fourth-order valence-corrected chi connectivity index (χ4v) is 3.38. The van der Waals surface area contributed by atoms with Crippen LogP contribution in [0.3, 0.4) is 0 Å². The van der Waals surface area contributed by atoms with E-state index in [1.165, 1.54) is 19.2 Å². The number of esters is 1. The molecule has 2 heterocycles. The number of hydrogen-bond acceptors (Lipinski definition) is 7. The molecule has 2 aromatic rings. The van der Waals surface area contributed by atoms with E-state index in [9.17, 15) is 14.4 Å². The number of amides is 2. The van der Waals surface area contributed by atoms with Crippen LogP contribution in [0.4, 0.5) is 4.79 Å². The number of carbonyl (C=O) groups is 3. The normalized spacial score (nSPS) is 15.4. The fourth-order valence-electron chi connectivity index (χ4n) is 2.54. The maximum absolute atomic E-state index is 12.6. The Kier molecular flexibility index (Phi) is 6.43. The Balaban J connectivity index is 1.68. The van der Waals surface area contributed by atoms with Crippen molar-refractivity contribution in [2.75, 3.05) is 13.7 Å². The van der Waals surface area contributed by atoms with Crippen LogP contribution in [0, 0.1) is 5.92 Å². The molecule has 3 rings (SSSR count). The van der Waals surface area contributed by atoms with Crippen molar-refractivity contribution in [3.8, 4) is 5.75 Å². The van der Waals surface area contributed by atoms with Crippen LogP contribution in [0.5, 0.6) is 5.75 Å². The standard InChI is InChI=1S/C21H21NO6S/c1-13(2)12-27-15-6-4-14(5-7-15)10-18-19(23)22(21(25)29-18)11-16-8-9-17(28-16)20(24)26-3/h4-10,13H,11-12H2,1-3H3. The minimum absolute atomic E-state index is 0.0183. The zero-order valence-electron chi connectivity index (χ0n) is 16.3. The molecule has 2 amide bonds. The van der Waals surface area contributed by atoms with Crippen LogP contribution in [0.2, 0.25) is 0 Å². The summed E-state index contributed by atoms with van der Waals surface area (Å²) in [7, 11) is 1.24. The van der Waals surface area contributed by atoms with E-state index in [-0.39, 0.29) is 12.3 Å². The second-order valence-corrected chi connectivity index (χ2v) is 7.79. The Morgan fingerprint density at radius 2 is 1.90 bits per heavy atom. The van der Waals surface area contributed by atoms with Crippen molar-refractivity contribution in [1.82, 2.24) is 4.90 Å². The molecule has 0 N–H and O–H groups in total. The molecule has 152 valence electrons. The van der Waals surface area contributed by atoms with Crippen LogP contribution in [-0.2, 0) is 16.1 Å². The molecule has 7 nitrogen and oxygen atoms in total. The Bertz CT molecular complexity index is 944. The van der Waals surface area contributed by atoms with E-state index in [0.29, 0.717) is 23.2 Å². The number of ether oxygens (including phenoxy) is 2. The molecule has 1 fully saturated rings. The lowest BCUT2D eigenvalue weighted by atomic mass is 10.2. The Morgan fingerprint density at radius 3 is 2.55 bits per heavy atom. The van der Waals surface area contributed by atoms with E-state index in [0.717, 1.165) is 28.0 Å². The first-order valence-electron chi connectivity index (χ1n) is 9.02. The maximum Gasteiger partial charge on any atom is 0.373 e. The topological polar surface area (TPSA) is 86.0 Å². The van der Waals surface area contributed by atoms with Crippen molar-refractivity contribution in [2.45, 2.75) is 20.4 Å². The summed E-state index contributed by atoms with van der Waals surface area (Å²) in [6, 6.07) is 10.3. The SMILES string of the molecule is COC(=O)c1ccc(CN2C(=O)SC(=Cc3ccc(OCC(C)C)cc3)C2=O)o1. The number of nitrogens with zero attached hydrogens (tertiary/aromatic N) is 1. The minimum atomic E-state index is -0.619. The largest absolute Gasteiger partial charge is 0.493 e. The third kappa shape index (κ3) is 5.08. The average molecular weight is 415 g/mol. The van der Waals surface area contributed by atoms with Gasteiger partial charge in [-0.25, -0.2) is 4.79 Å². The molecule has 0 bridgehead atoms. The Morgan fingerprint density at radius 1 is 1.17 bits per heavy atom. The quantitative estimate of drug-likeness (QED) is 0.491. The second kappa shape index (κ2) is 9.00. The van der Waals surface area contributed by atoms with Crippen molar-refractivity contribution in [1.29, 1.82) is 0 Å². The zero-order chi connectivity index (χ0) is 21.0. The van der Waals surface area contributed by atoms with Gasteiger partial charge in [0, 0.05) is 0 Å². The van der Waals surface area contributed by atoms with Gasteiger partial charge in [0.2, 0.25) is 5.76 Å². The monoisotopic (exact) mass is 415 g/mol. The van der Waals surface area contributed by atoms with Gasteiger partial charge < -0.3 is 13.9 Å². The number of methoxy groups -OCH3 is 1. The van der Waals surface area contributed by atoms with Gasteiger partial charge >= 0.3 is 5.97 Å². The Hall–Kier alpha value is -3.00. The highest BCUT2D eigenvalue weighted by atomic mass is 32.2. The van der Waals surface area contributed by atoms with Gasteiger partial charge in [0.25, 0.3) is 11.1 Å². The lowest BCUT2D eigenvalue weighted by molar-refractivity contribution is -0.123. The lowest BCUT2D eigenvalue weighted by Crippen LogP contribution is -2.27. The van der Waals surface area contributed by atoms with Crippen LogP contribution < -0.4 is 4.74 Å². The van der Waals surface area contributed by atoms with E-state index in [2.05, 4.69) is 18.6 Å².